The number of hydrogen-bond donors (Lipinski definition) is 0. The zero-order chi connectivity index (χ0) is 8.43. The molecule has 0 aliphatic rings. The number of pyridine rings is 1. The first-order valence-electron chi connectivity index (χ1n) is 3.42. The first-order chi connectivity index (χ1) is 5.11. The molecule has 1 rings (SSSR count). The molecular weight excluding hydrogens is 209 g/mol. The Balaban J connectivity index is 3.09. The summed E-state index contributed by atoms with van der Waals surface area (Å²) in [5.41, 5.74) is 0.521. The minimum atomic E-state index is -0.241. The lowest BCUT2D eigenvalue weighted by atomic mass is 10.1. The van der Waals surface area contributed by atoms with Crippen molar-refractivity contribution in [1.82, 2.24) is 4.98 Å². The molecule has 0 aromatic carbocycles. The summed E-state index contributed by atoms with van der Waals surface area (Å²) in [5.74, 6) is -0.0996. The van der Waals surface area contributed by atoms with E-state index in [0.29, 0.717) is 10.2 Å². The molecule has 1 aromatic heterocycles. The van der Waals surface area contributed by atoms with E-state index in [1.807, 2.05) is 13.8 Å². The fourth-order valence-corrected chi connectivity index (χ4v) is 1.15. The van der Waals surface area contributed by atoms with E-state index in [0.717, 1.165) is 0 Å². The maximum absolute atomic E-state index is 13.0. The third-order valence-electron chi connectivity index (χ3n) is 1.38. The summed E-state index contributed by atoms with van der Waals surface area (Å²) in [5, 5.41) is 0. The molecule has 3 heteroatoms. The van der Waals surface area contributed by atoms with Gasteiger partial charge in [0, 0.05) is 10.7 Å². The first-order valence-corrected chi connectivity index (χ1v) is 4.21. The first kappa shape index (κ1) is 8.65. The molecule has 60 valence electrons. The second-order valence-electron chi connectivity index (χ2n) is 2.68. The Labute approximate surface area is 73.8 Å². The fourth-order valence-electron chi connectivity index (χ4n) is 0.850. The normalized spacial score (nSPS) is 10.6. The summed E-state index contributed by atoms with van der Waals surface area (Å²) in [6.07, 6.45) is 1.61. The van der Waals surface area contributed by atoms with Crippen LogP contribution in [0.5, 0.6) is 0 Å². The van der Waals surface area contributed by atoms with Crippen molar-refractivity contribution in [2.24, 2.45) is 0 Å². The predicted molar refractivity (Wildman–Crippen MR) is 46.0 cm³/mol. The Hall–Kier alpha value is -0.440. The van der Waals surface area contributed by atoms with Crippen molar-refractivity contribution in [3.8, 4) is 0 Å². The number of hydrogen-bond acceptors (Lipinski definition) is 1. The van der Waals surface area contributed by atoms with Gasteiger partial charge in [0.15, 0.2) is 0 Å². The van der Waals surface area contributed by atoms with Crippen LogP contribution in [0, 0.1) is 5.82 Å². The molecule has 1 heterocycles. The molecule has 11 heavy (non-hydrogen) atoms. The van der Waals surface area contributed by atoms with Gasteiger partial charge in [-0.05, 0) is 27.9 Å². The molecule has 0 N–H and O–H groups in total. The zero-order valence-electron chi connectivity index (χ0n) is 6.44. The lowest BCUT2D eigenvalue weighted by molar-refractivity contribution is 0.583. The van der Waals surface area contributed by atoms with Crippen molar-refractivity contribution in [2.45, 2.75) is 19.8 Å². The quantitative estimate of drug-likeness (QED) is 0.705. The predicted octanol–water partition coefficient (Wildman–Crippen LogP) is 3.11. The highest BCUT2D eigenvalue weighted by molar-refractivity contribution is 9.10. The van der Waals surface area contributed by atoms with Crippen molar-refractivity contribution >= 4 is 15.9 Å². The summed E-state index contributed by atoms with van der Waals surface area (Å²) in [6, 6.07) is 1.43. The lowest BCUT2D eigenvalue weighted by Crippen LogP contribution is -1.96. The number of rotatable bonds is 1. The molecule has 0 unspecified atom stereocenters. The van der Waals surface area contributed by atoms with Crippen LogP contribution in [-0.2, 0) is 0 Å². The van der Waals surface area contributed by atoms with Crippen LogP contribution in [0.2, 0.25) is 0 Å². The minimum absolute atomic E-state index is 0.142. The summed E-state index contributed by atoms with van der Waals surface area (Å²) < 4.78 is 13.7. The van der Waals surface area contributed by atoms with Crippen LogP contribution in [-0.4, -0.2) is 4.98 Å². The summed E-state index contributed by atoms with van der Waals surface area (Å²) >= 11 is 3.14. The molecule has 0 bridgehead atoms. The van der Waals surface area contributed by atoms with Crippen LogP contribution in [0.1, 0.15) is 25.5 Å². The van der Waals surface area contributed by atoms with Gasteiger partial charge in [-0.3, -0.25) is 4.98 Å². The highest BCUT2D eigenvalue weighted by atomic mass is 79.9. The SMILES string of the molecule is CC(C)c1ncc(Br)cc1F. The molecule has 1 aromatic rings. The third-order valence-corrected chi connectivity index (χ3v) is 1.82. The van der Waals surface area contributed by atoms with Crippen LogP contribution < -0.4 is 0 Å². The Morgan fingerprint density at radius 2 is 2.18 bits per heavy atom. The maximum Gasteiger partial charge on any atom is 0.146 e. The molecule has 0 radical (unpaired) electrons. The molecule has 0 fully saturated rings. The van der Waals surface area contributed by atoms with Gasteiger partial charge in [-0.1, -0.05) is 13.8 Å². The summed E-state index contributed by atoms with van der Waals surface area (Å²) in [6.45, 7) is 3.83. The number of halogens is 2. The molecule has 0 aliphatic heterocycles. The lowest BCUT2D eigenvalue weighted by Gasteiger charge is -2.04. The van der Waals surface area contributed by atoms with E-state index in [1.54, 1.807) is 6.20 Å². The van der Waals surface area contributed by atoms with E-state index in [9.17, 15) is 4.39 Å². The van der Waals surface area contributed by atoms with E-state index < -0.39 is 0 Å². The Morgan fingerprint density at radius 1 is 1.55 bits per heavy atom. The van der Waals surface area contributed by atoms with Gasteiger partial charge < -0.3 is 0 Å². The third kappa shape index (κ3) is 1.99. The second kappa shape index (κ2) is 3.30. The fraction of sp³-hybridized carbons (Fsp3) is 0.375. The monoisotopic (exact) mass is 217 g/mol. The van der Waals surface area contributed by atoms with Crippen molar-refractivity contribution in [1.29, 1.82) is 0 Å². The van der Waals surface area contributed by atoms with E-state index >= 15 is 0 Å². The van der Waals surface area contributed by atoms with Gasteiger partial charge in [-0.25, -0.2) is 4.39 Å². The number of aromatic nitrogens is 1. The molecule has 0 aliphatic carbocycles. The average molecular weight is 218 g/mol. The smallest absolute Gasteiger partial charge is 0.146 e. The zero-order valence-corrected chi connectivity index (χ0v) is 8.02. The van der Waals surface area contributed by atoms with Crippen LogP contribution in [0.15, 0.2) is 16.7 Å². The van der Waals surface area contributed by atoms with Crippen molar-refractivity contribution < 1.29 is 4.39 Å². The minimum Gasteiger partial charge on any atom is -0.257 e. The molecule has 0 saturated heterocycles. The Bertz CT molecular complexity index is 260. The van der Waals surface area contributed by atoms with Crippen molar-refractivity contribution in [3.05, 3.63) is 28.2 Å². The maximum atomic E-state index is 13.0. The van der Waals surface area contributed by atoms with Gasteiger partial charge in [-0.15, -0.1) is 0 Å². The van der Waals surface area contributed by atoms with E-state index in [4.69, 9.17) is 0 Å². The summed E-state index contributed by atoms with van der Waals surface area (Å²) in [4.78, 5) is 3.96. The highest BCUT2D eigenvalue weighted by Gasteiger charge is 2.07. The van der Waals surface area contributed by atoms with Gasteiger partial charge >= 0.3 is 0 Å². The van der Waals surface area contributed by atoms with Crippen LogP contribution in [0.25, 0.3) is 0 Å². The van der Waals surface area contributed by atoms with Crippen LogP contribution in [0.4, 0.5) is 4.39 Å². The standard InChI is InChI=1S/C8H9BrFN/c1-5(2)8-7(10)3-6(9)4-11-8/h3-5H,1-2H3. The van der Waals surface area contributed by atoms with Gasteiger partial charge in [0.05, 0.1) is 5.69 Å². The topological polar surface area (TPSA) is 12.9 Å². The van der Waals surface area contributed by atoms with Crippen LogP contribution in [0.3, 0.4) is 0 Å². The highest BCUT2D eigenvalue weighted by Crippen LogP contribution is 2.18. The van der Waals surface area contributed by atoms with E-state index in [1.165, 1.54) is 6.07 Å². The molecule has 1 nitrogen and oxygen atoms in total. The Kier molecular flexibility index (Phi) is 2.60. The van der Waals surface area contributed by atoms with E-state index in [2.05, 4.69) is 20.9 Å². The van der Waals surface area contributed by atoms with Crippen molar-refractivity contribution in [3.63, 3.8) is 0 Å². The molecule has 0 atom stereocenters. The van der Waals surface area contributed by atoms with Gasteiger partial charge in [0.2, 0.25) is 0 Å². The largest absolute Gasteiger partial charge is 0.257 e. The summed E-state index contributed by atoms with van der Waals surface area (Å²) in [7, 11) is 0. The number of nitrogens with zero attached hydrogens (tertiary/aromatic N) is 1. The molecule has 0 saturated carbocycles. The molecular formula is C8H9BrFN. The molecule has 0 amide bonds. The average Bonchev–Trinajstić information content (AvgIpc) is 1.85. The Morgan fingerprint density at radius 3 is 2.64 bits per heavy atom. The van der Waals surface area contributed by atoms with E-state index in [-0.39, 0.29) is 11.7 Å². The van der Waals surface area contributed by atoms with Gasteiger partial charge in [0.25, 0.3) is 0 Å². The second-order valence-corrected chi connectivity index (χ2v) is 3.59. The molecule has 0 spiro atoms. The van der Waals surface area contributed by atoms with Gasteiger partial charge in [0.1, 0.15) is 5.82 Å². The van der Waals surface area contributed by atoms with Crippen LogP contribution >= 0.6 is 15.9 Å². The van der Waals surface area contributed by atoms with Gasteiger partial charge in [-0.2, -0.15) is 0 Å². The van der Waals surface area contributed by atoms with Crippen molar-refractivity contribution in [2.75, 3.05) is 0 Å².